The molecule has 4 aromatic rings. The fraction of sp³-hybridized carbons (Fsp3) is 0.0952. The standard InChI is InChI=1S/C21H16N2O5/c1-26-18-5-2-4-14-10-15(21(25)28-19(14)18)20(24)23-12-13-7-8-16(22-11-13)17-6-3-9-27-17/h2-11H,12H2,1H3,(H,23,24). The minimum Gasteiger partial charge on any atom is -0.493 e. The lowest BCUT2D eigenvalue weighted by Crippen LogP contribution is -2.27. The lowest BCUT2D eigenvalue weighted by Gasteiger charge is -2.07. The van der Waals surface area contributed by atoms with E-state index in [0.29, 0.717) is 28.2 Å². The summed E-state index contributed by atoms with van der Waals surface area (Å²) in [4.78, 5) is 29.0. The normalized spacial score (nSPS) is 10.8. The zero-order valence-electron chi connectivity index (χ0n) is 15.0. The van der Waals surface area contributed by atoms with Crippen LogP contribution in [0.25, 0.3) is 22.4 Å². The maximum absolute atomic E-state index is 12.5. The van der Waals surface area contributed by atoms with Crippen molar-refractivity contribution in [2.75, 3.05) is 7.11 Å². The summed E-state index contributed by atoms with van der Waals surface area (Å²) in [5.74, 6) is 0.581. The number of ether oxygens (including phenoxy) is 1. The van der Waals surface area contributed by atoms with Crippen LogP contribution in [-0.4, -0.2) is 18.0 Å². The van der Waals surface area contributed by atoms with Crippen LogP contribution in [0.4, 0.5) is 0 Å². The van der Waals surface area contributed by atoms with Crippen molar-refractivity contribution < 1.29 is 18.4 Å². The van der Waals surface area contributed by atoms with Gasteiger partial charge in [0.25, 0.3) is 5.91 Å². The van der Waals surface area contributed by atoms with Crippen molar-refractivity contribution in [2.24, 2.45) is 0 Å². The van der Waals surface area contributed by atoms with Crippen LogP contribution < -0.4 is 15.7 Å². The Morgan fingerprint density at radius 2 is 2.07 bits per heavy atom. The average Bonchev–Trinajstić information content (AvgIpc) is 3.26. The Labute approximate surface area is 159 Å². The van der Waals surface area contributed by atoms with E-state index in [-0.39, 0.29) is 12.1 Å². The molecule has 0 atom stereocenters. The largest absolute Gasteiger partial charge is 0.493 e. The van der Waals surface area contributed by atoms with Gasteiger partial charge in [0.15, 0.2) is 17.1 Å². The molecule has 0 radical (unpaired) electrons. The monoisotopic (exact) mass is 376 g/mol. The number of furan rings is 1. The number of hydrogen-bond acceptors (Lipinski definition) is 6. The van der Waals surface area contributed by atoms with E-state index < -0.39 is 11.5 Å². The van der Waals surface area contributed by atoms with Gasteiger partial charge < -0.3 is 18.9 Å². The highest BCUT2D eigenvalue weighted by molar-refractivity contribution is 5.97. The van der Waals surface area contributed by atoms with Gasteiger partial charge in [-0.3, -0.25) is 9.78 Å². The number of carbonyl (C=O) groups excluding carboxylic acids is 1. The molecule has 0 spiro atoms. The first-order chi connectivity index (χ1) is 13.7. The molecule has 3 heterocycles. The quantitative estimate of drug-likeness (QED) is 0.537. The molecule has 0 aliphatic carbocycles. The van der Waals surface area contributed by atoms with Crippen molar-refractivity contribution in [1.82, 2.24) is 10.3 Å². The van der Waals surface area contributed by atoms with E-state index in [1.165, 1.54) is 13.2 Å². The number of aromatic nitrogens is 1. The van der Waals surface area contributed by atoms with Gasteiger partial charge in [-0.2, -0.15) is 0 Å². The second-order valence-corrected chi connectivity index (χ2v) is 6.04. The Kier molecular flexibility index (Phi) is 4.63. The second kappa shape index (κ2) is 7.40. The molecule has 1 amide bonds. The number of carbonyl (C=O) groups is 1. The van der Waals surface area contributed by atoms with Gasteiger partial charge in [0.05, 0.1) is 13.4 Å². The highest BCUT2D eigenvalue weighted by Crippen LogP contribution is 2.24. The van der Waals surface area contributed by atoms with Gasteiger partial charge in [0.1, 0.15) is 11.3 Å². The van der Waals surface area contributed by atoms with Crippen LogP contribution >= 0.6 is 0 Å². The number of fused-ring (bicyclic) bond motifs is 1. The number of para-hydroxylation sites is 1. The number of methoxy groups -OCH3 is 1. The topological polar surface area (TPSA) is 94.6 Å². The van der Waals surface area contributed by atoms with Gasteiger partial charge >= 0.3 is 5.63 Å². The van der Waals surface area contributed by atoms with E-state index in [9.17, 15) is 9.59 Å². The van der Waals surface area contributed by atoms with Gasteiger partial charge in [0, 0.05) is 18.1 Å². The van der Waals surface area contributed by atoms with Gasteiger partial charge in [-0.1, -0.05) is 18.2 Å². The number of hydrogen-bond donors (Lipinski definition) is 1. The molecule has 28 heavy (non-hydrogen) atoms. The molecule has 0 saturated carbocycles. The highest BCUT2D eigenvalue weighted by Gasteiger charge is 2.15. The fourth-order valence-electron chi connectivity index (χ4n) is 2.81. The summed E-state index contributed by atoms with van der Waals surface area (Å²) in [5, 5.41) is 3.32. The van der Waals surface area contributed by atoms with Crippen LogP contribution in [0.5, 0.6) is 5.75 Å². The van der Waals surface area contributed by atoms with E-state index in [1.807, 2.05) is 12.1 Å². The molecule has 140 valence electrons. The first-order valence-electron chi connectivity index (χ1n) is 8.53. The Balaban J connectivity index is 1.51. The molecule has 0 fully saturated rings. The van der Waals surface area contributed by atoms with Crippen LogP contribution in [0.3, 0.4) is 0 Å². The van der Waals surface area contributed by atoms with Gasteiger partial charge in [-0.05, 0) is 35.9 Å². The summed E-state index contributed by atoms with van der Waals surface area (Å²) >= 11 is 0. The first kappa shape index (κ1) is 17.5. The zero-order valence-corrected chi connectivity index (χ0v) is 15.0. The molecular weight excluding hydrogens is 360 g/mol. The van der Waals surface area contributed by atoms with Crippen LogP contribution in [0.2, 0.25) is 0 Å². The molecule has 7 heteroatoms. The smallest absolute Gasteiger partial charge is 0.349 e. The number of rotatable bonds is 5. The number of pyridine rings is 1. The van der Waals surface area contributed by atoms with Crippen molar-refractivity contribution in [3.05, 3.63) is 82.5 Å². The minimum atomic E-state index is -0.721. The molecule has 0 saturated heterocycles. The summed E-state index contributed by atoms with van der Waals surface area (Å²) in [6, 6.07) is 13.9. The third kappa shape index (κ3) is 3.37. The van der Waals surface area contributed by atoms with Crippen molar-refractivity contribution in [3.8, 4) is 17.2 Å². The van der Waals surface area contributed by atoms with Crippen LogP contribution in [-0.2, 0) is 6.54 Å². The predicted molar refractivity (Wildman–Crippen MR) is 102 cm³/mol. The third-order valence-corrected chi connectivity index (χ3v) is 4.24. The maximum atomic E-state index is 12.5. The van der Waals surface area contributed by atoms with E-state index in [0.717, 1.165) is 5.56 Å². The zero-order chi connectivity index (χ0) is 19.5. The molecule has 0 bridgehead atoms. The summed E-state index contributed by atoms with van der Waals surface area (Å²) in [5.41, 5.74) is 1.01. The lowest BCUT2D eigenvalue weighted by atomic mass is 10.1. The molecule has 3 aromatic heterocycles. The summed E-state index contributed by atoms with van der Waals surface area (Å²) in [6.45, 7) is 0.222. The molecule has 0 aliphatic rings. The highest BCUT2D eigenvalue weighted by atomic mass is 16.5. The van der Waals surface area contributed by atoms with E-state index in [2.05, 4.69) is 10.3 Å². The number of amides is 1. The van der Waals surface area contributed by atoms with E-state index in [1.54, 1.807) is 42.8 Å². The Bertz CT molecular complexity index is 1180. The van der Waals surface area contributed by atoms with Gasteiger partial charge in [0.2, 0.25) is 0 Å². The number of nitrogens with one attached hydrogen (secondary N) is 1. The third-order valence-electron chi connectivity index (χ3n) is 4.24. The molecule has 4 rings (SSSR count). The van der Waals surface area contributed by atoms with Crippen LogP contribution in [0.1, 0.15) is 15.9 Å². The summed E-state index contributed by atoms with van der Waals surface area (Å²) in [7, 11) is 1.49. The van der Waals surface area contributed by atoms with Crippen LogP contribution in [0, 0.1) is 0 Å². The van der Waals surface area contributed by atoms with Crippen molar-refractivity contribution in [1.29, 1.82) is 0 Å². The number of benzene rings is 1. The average molecular weight is 376 g/mol. The van der Waals surface area contributed by atoms with E-state index in [4.69, 9.17) is 13.6 Å². The summed E-state index contributed by atoms with van der Waals surface area (Å²) < 4.78 is 15.8. The van der Waals surface area contributed by atoms with Crippen molar-refractivity contribution in [2.45, 2.75) is 6.54 Å². The molecule has 1 aromatic carbocycles. The Morgan fingerprint density at radius 3 is 2.79 bits per heavy atom. The SMILES string of the molecule is COc1cccc2cc(C(=O)NCc3ccc(-c4ccco4)nc3)c(=O)oc12. The lowest BCUT2D eigenvalue weighted by molar-refractivity contribution is 0.0947. The molecule has 0 unspecified atom stereocenters. The Morgan fingerprint density at radius 1 is 1.18 bits per heavy atom. The van der Waals surface area contributed by atoms with Gasteiger partial charge in [-0.15, -0.1) is 0 Å². The summed E-state index contributed by atoms with van der Waals surface area (Å²) in [6.07, 6.45) is 3.22. The molecule has 7 nitrogen and oxygen atoms in total. The van der Waals surface area contributed by atoms with Crippen LogP contribution in [0.15, 0.2) is 74.6 Å². The first-order valence-corrected chi connectivity index (χ1v) is 8.53. The van der Waals surface area contributed by atoms with E-state index >= 15 is 0 Å². The van der Waals surface area contributed by atoms with Crippen molar-refractivity contribution in [3.63, 3.8) is 0 Å². The maximum Gasteiger partial charge on any atom is 0.349 e. The van der Waals surface area contributed by atoms with Gasteiger partial charge in [-0.25, -0.2) is 4.79 Å². The molecule has 1 N–H and O–H groups in total. The number of nitrogens with zero attached hydrogens (tertiary/aromatic N) is 1. The predicted octanol–water partition coefficient (Wildman–Crippen LogP) is 3.39. The second-order valence-electron chi connectivity index (χ2n) is 6.04. The molecule has 0 aliphatic heterocycles. The fourth-order valence-corrected chi connectivity index (χ4v) is 2.81. The Hall–Kier alpha value is -3.87. The molecular formula is C21H16N2O5. The minimum absolute atomic E-state index is 0.0686. The van der Waals surface area contributed by atoms with Crippen molar-refractivity contribution >= 4 is 16.9 Å².